The van der Waals surface area contributed by atoms with Crippen molar-refractivity contribution in [3.05, 3.63) is 72.2 Å². The van der Waals surface area contributed by atoms with Gasteiger partial charge in [-0.2, -0.15) is 13.2 Å². The molecule has 2 aromatic carbocycles. The molecule has 0 unspecified atom stereocenters. The highest BCUT2D eigenvalue weighted by Gasteiger charge is 2.38. The smallest absolute Gasteiger partial charge is 0.475 e. The average molecular weight is 495 g/mol. The second-order valence-electron chi connectivity index (χ2n) is 7.45. The molecule has 0 aliphatic heterocycles. The van der Waals surface area contributed by atoms with E-state index in [1.165, 1.54) is 12.1 Å². The third kappa shape index (κ3) is 9.48. The summed E-state index contributed by atoms with van der Waals surface area (Å²) >= 11 is 0. The number of carboxylic acids is 1. The van der Waals surface area contributed by atoms with Crippen LogP contribution in [0.3, 0.4) is 0 Å². The molecule has 1 aromatic heterocycles. The second kappa shape index (κ2) is 13.1. The largest absolute Gasteiger partial charge is 0.490 e. The van der Waals surface area contributed by atoms with Gasteiger partial charge >= 0.3 is 12.1 Å². The number of amides is 1. The molecule has 0 atom stereocenters. The molecule has 0 saturated carbocycles. The Balaban J connectivity index is 0.000000540. The van der Waals surface area contributed by atoms with Gasteiger partial charge in [0.1, 0.15) is 5.82 Å². The first-order valence-corrected chi connectivity index (χ1v) is 10.6. The molecule has 3 rings (SSSR count). The molecule has 3 aromatic rings. The number of halogens is 4. The monoisotopic (exact) mass is 495 g/mol. The molecule has 1 amide bonds. The molecule has 0 fully saturated rings. The van der Waals surface area contributed by atoms with Crippen molar-refractivity contribution in [1.82, 2.24) is 10.5 Å². The van der Waals surface area contributed by atoms with Crippen LogP contribution in [-0.4, -0.2) is 48.5 Å². The van der Waals surface area contributed by atoms with Crippen LogP contribution in [0.25, 0.3) is 11.3 Å². The Morgan fingerprint density at radius 2 is 1.71 bits per heavy atom. The summed E-state index contributed by atoms with van der Waals surface area (Å²) in [6.45, 7) is 1.50. The summed E-state index contributed by atoms with van der Waals surface area (Å²) < 4.78 is 50.1. The summed E-state index contributed by atoms with van der Waals surface area (Å²) in [5.74, 6) is -2.49. The number of aliphatic carboxylic acids is 1. The van der Waals surface area contributed by atoms with E-state index >= 15 is 0 Å². The number of nitrogens with zero attached hydrogens (tertiary/aromatic N) is 2. The zero-order valence-electron chi connectivity index (χ0n) is 18.9. The zero-order valence-corrected chi connectivity index (χ0v) is 18.9. The third-order valence-electron chi connectivity index (χ3n) is 4.80. The lowest BCUT2D eigenvalue weighted by molar-refractivity contribution is -0.192. The first kappa shape index (κ1) is 27.4. The van der Waals surface area contributed by atoms with Gasteiger partial charge in [0.05, 0.1) is 6.20 Å². The number of rotatable bonds is 9. The minimum atomic E-state index is -5.08. The summed E-state index contributed by atoms with van der Waals surface area (Å²) in [5.41, 5.74) is 2.75. The molecule has 7 nitrogen and oxygen atoms in total. The number of aryl methyl sites for hydroxylation is 1. The summed E-state index contributed by atoms with van der Waals surface area (Å²) in [6, 6.07) is 16.2. The molecule has 0 radical (unpaired) electrons. The molecule has 1 heterocycles. The number of anilines is 1. The van der Waals surface area contributed by atoms with Gasteiger partial charge in [-0.05, 0) is 49.2 Å². The van der Waals surface area contributed by atoms with E-state index in [1.54, 1.807) is 18.3 Å². The molecule has 11 heteroatoms. The average Bonchev–Trinajstić information content (AvgIpc) is 3.30. The van der Waals surface area contributed by atoms with Crippen LogP contribution in [0.2, 0.25) is 0 Å². The Morgan fingerprint density at radius 1 is 1.09 bits per heavy atom. The van der Waals surface area contributed by atoms with E-state index in [0.29, 0.717) is 25.1 Å². The zero-order chi connectivity index (χ0) is 25.8. The molecule has 0 saturated heterocycles. The van der Waals surface area contributed by atoms with Gasteiger partial charge in [-0.15, -0.1) is 0 Å². The van der Waals surface area contributed by atoms with Crippen molar-refractivity contribution in [3.63, 3.8) is 0 Å². The maximum Gasteiger partial charge on any atom is 0.490 e. The number of nitrogens with one attached hydrogen (secondary N) is 1. The summed E-state index contributed by atoms with van der Waals surface area (Å²) in [7, 11) is 2.04. The lowest BCUT2D eigenvalue weighted by Gasteiger charge is -2.19. The van der Waals surface area contributed by atoms with Gasteiger partial charge in [0.2, 0.25) is 5.91 Å². The van der Waals surface area contributed by atoms with Gasteiger partial charge in [-0.3, -0.25) is 4.79 Å². The number of benzene rings is 2. The van der Waals surface area contributed by atoms with Crippen LogP contribution < -0.4 is 10.2 Å². The van der Waals surface area contributed by atoms with Crippen molar-refractivity contribution in [3.8, 4) is 11.3 Å². The molecule has 2 N–H and O–H groups in total. The van der Waals surface area contributed by atoms with Gasteiger partial charge in [-0.25, -0.2) is 9.18 Å². The summed E-state index contributed by atoms with van der Waals surface area (Å²) in [6.07, 6.45) is -1.73. The minimum Gasteiger partial charge on any atom is -0.475 e. The van der Waals surface area contributed by atoms with E-state index in [-0.39, 0.29) is 11.7 Å². The van der Waals surface area contributed by atoms with Gasteiger partial charge < -0.3 is 19.8 Å². The fraction of sp³-hybridized carbons (Fsp3) is 0.292. The quantitative estimate of drug-likeness (QED) is 0.330. The van der Waals surface area contributed by atoms with E-state index in [9.17, 15) is 22.4 Å². The van der Waals surface area contributed by atoms with E-state index in [0.717, 1.165) is 29.8 Å². The first-order valence-electron chi connectivity index (χ1n) is 10.6. The normalized spacial score (nSPS) is 10.8. The Kier molecular flexibility index (Phi) is 10.2. The van der Waals surface area contributed by atoms with Gasteiger partial charge in [-0.1, -0.05) is 23.4 Å². The van der Waals surface area contributed by atoms with Crippen molar-refractivity contribution >= 4 is 17.6 Å². The Morgan fingerprint density at radius 3 is 2.31 bits per heavy atom. The lowest BCUT2D eigenvalue weighted by Crippen LogP contribution is -2.28. The summed E-state index contributed by atoms with van der Waals surface area (Å²) in [5, 5.41) is 13.9. The number of hydrogen-bond acceptors (Lipinski definition) is 5. The van der Waals surface area contributed by atoms with Crippen molar-refractivity contribution < 1.29 is 36.8 Å². The number of carboxylic acid groups (broad SMARTS) is 1. The number of aromatic nitrogens is 1. The SMILES string of the molecule is CN(CCCNC(=O)CCc1cnoc1-c1ccc(F)cc1)c1ccccc1.O=C(O)C(F)(F)F. The molecule has 188 valence electrons. The van der Waals surface area contributed by atoms with Crippen molar-refractivity contribution in [2.45, 2.75) is 25.4 Å². The highest BCUT2D eigenvalue weighted by atomic mass is 19.4. The Bertz CT molecular complexity index is 1070. The summed E-state index contributed by atoms with van der Waals surface area (Å²) in [4.78, 5) is 23.2. The highest BCUT2D eigenvalue weighted by molar-refractivity contribution is 5.76. The van der Waals surface area contributed by atoms with E-state index in [2.05, 4.69) is 27.5 Å². The van der Waals surface area contributed by atoms with E-state index < -0.39 is 12.1 Å². The molecular weight excluding hydrogens is 470 g/mol. The Hall–Kier alpha value is -3.89. The minimum absolute atomic E-state index is 0.00591. The van der Waals surface area contributed by atoms with Crippen LogP contribution in [0.4, 0.5) is 23.2 Å². The maximum absolute atomic E-state index is 13.1. The van der Waals surface area contributed by atoms with Crippen LogP contribution in [0.5, 0.6) is 0 Å². The topological polar surface area (TPSA) is 95.7 Å². The van der Waals surface area contributed by atoms with Crippen LogP contribution in [0.15, 0.2) is 65.3 Å². The van der Waals surface area contributed by atoms with Crippen LogP contribution in [0, 0.1) is 5.82 Å². The first-order chi connectivity index (χ1) is 16.6. The predicted molar refractivity (Wildman–Crippen MR) is 121 cm³/mol. The number of hydrogen-bond donors (Lipinski definition) is 2. The lowest BCUT2D eigenvalue weighted by atomic mass is 10.1. The molecule has 0 aliphatic rings. The van der Waals surface area contributed by atoms with Gasteiger partial charge in [0.15, 0.2) is 5.76 Å². The van der Waals surface area contributed by atoms with Crippen LogP contribution >= 0.6 is 0 Å². The van der Waals surface area contributed by atoms with Crippen LogP contribution in [-0.2, 0) is 16.0 Å². The number of alkyl halides is 3. The second-order valence-corrected chi connectivity index (χ2v) is 7.45. The molecular formula is C24H25F4N3O4. The predicted octanol–water partition coefficient (Wildman–Crippen LogP) is 4.69. The molecule has 0 spiro atoms. The van der Waals surface area contributed by atoms with Crippen molar-refractivity contribution in [2.75, 3.05) is 25.0 Å². The van der Waals surface area contributed by atoms with E-state index in [4.69, 9.17) is 14.4 Å². The molecule has 35 heavy (non-hydrogen) atoms. The molecule has 0 aliphatic carbocycles. The Labute approximate surface area is 199 Å². The van der Waals surface area contributed by atoms with Crippen LogP contribution in [0.1, 0.15) is 18.4 Å². The fourth-order valence-corrected chi connectivity index (χ4v) is 2.97. The fourth-order valence-electron chi connectivity index (χ4n) is 2.97. The number of carbonyl (C=O) groups is 2. The van der Waals surface area contributed by atoms with Crippen molar-refractivity contribution in [2.24, 2.45) is 0 Å². The highest BCUT2D eigenvalue weighted by Crippen LogP contribution is 2.24. The van der Waals surface area contributed by atoms with Gasteiger partial charge in [0.25, 0.3) is 0 Å². The standard InChI is InChI=1S/C22H24FN3O2.C2HF3O2/c1-26(20-6-3-2-4-7-20)15-5-14-24-21(27)13-10-18-16-25-28-22(18)17-8-11-19(23)12-9-17;3-2(4,5)1(6)7/h2-4,6-9,11-12,16H,5,10,13-15H2,1H3,(H,24,27);(H,6,7). The maximum atomic E-state index is 13.1. The third-order valence-corrected chi connectivity index (χ3v) is 4.80. The van der Waals surface area contributed by atoms with E-state index in [1.807, 2.05) is 25.2 Å². The number of para-hydroxylation sites is 1. The number of carbonyl (C=O) groups excluding carboxylic acids is 1. The van der Waals surface area contributed by atoms with Gasteiger partial charge in [0, 0.05) is 43.4 Å². The molecule has 0 bridgehead atoms. The van der Waals surface area contributed by atoms with Crippen molar-refractivity contribution in [1.29, 1.82) is 0 Å².